The van der Waals surface area contributed by atoms with Crippen LogP contribution in [-0.2, 0) is 5.41 Å². The van der Waals surface area contributed by atoms with Gasteiger partial charge in [0, 0.05) is 0 Å². The third-order valence-corrected chi connectivity index (χ3v) is 4.64. The average Bonchev–Trinajstić information content (AvgIpc) is 2.55. The molecule has 3 nitrogen and oxygen atoms in total. The second kappa shape index (κ2) is 7.89. The fourth-order valence-electron chi connectivity index (χ4n) is 3.18. The minimum atomic E-state index is -4.70. The number of alkyl halides is 3. The van der Waals surface area contributed by atoms with Crippen molar-refractivity contribution in [3.8, 4) is 11.8 Å². The Morgan fingerprint density at radius 3 is 2.29 bits per heavy atom. The topological polar surface area (TPSA) is 36.3 Å². The number of unbranched alkanes of at least 4 members (excludes halogenated alkanes) is 2. The first-order valence-corrected chi connectivity index (χ1v) is 8.38. The number of rotatable bonds is 6. The molecule has 0 aromatic heterocycles. The van der Waals surface area contributed by atoms with Gasteiger partial charge in [-0.1, -0.05) is 31.9 Å². The second-order valence-electron chi connectivity index (χ2n) is 6.31. The standard InChI is InChI=1S/C18H23F3N2O/c1-2-3-4-11-23-12-9-17(14-22,10-13-23)15-5-7-16(8-6-15)24-18(19,20)21/h5-8H,2-4,9-13H2,1H3. The minimum absolute atomic E-state index is 0.253. The normalized spacial score (nSPS) is 18.1. The molecule has 2 rings (SSSR count). The largest absolute Gasteiger partial charge is 0.573 e. The maximum Gasteiger partial charge on any atom is 0.573 e. The number of hydrogen-bond acceptors (Lipinski definition) is 3. The van der Waals surface area contributed by atoms with Crippen molar-refractivity contribution in [3.63, 3.8) is 0 Å². The lowest BCUT2D eigenvalue weighted by Gasteiger charge is -2.37. The van der Waals surface area contributed by atoms with E-state index in [9.17, 15) is 18.4 Å². The van der Waals surface area contributed by atoms with Gasteiger partial charge in [0.25, 0.3) is 0 Å². The zero-order valence-electron chi connectivity index (χ0n) is 13.9. The van der Waals surface area contributed by atoms with Gasteiger partial charge in [-0.3, -0.25) is 0 Å². The Balaban J connectivity index is 2.00. The Morgan fingerprint density at radius 2 is 1.79 bits per heavy atom. The van der Waals surface area contributed by atoms with E-state index in [2.05, 4.69) is 22.6 Å². The third-order valence-electron chi connectivity index (χ3n) is 4.64. The van der Waals surface area contributed by atoms with Gasteiger partial charge in [0.05, 0.1) is 11.5 Å². The van der Waals surface area contributed by atoms with Crippen molar-refractivity contribution in [2.45, 2.75) is 50.8 Å². The van der Waals surface area contributed by atoms with Crippen LogP contribution in [0.15, 0.2) is 24.3 Å². The van der Waals surface area contributed by atoms with Gasteiger partial charge in [-0.2, -0.15) is 5.26 Å². The highest BCUT2D eigenvalue weighted by molar-refractivity contribution is 5.37. The number of ether oxygens (including phenoxy) is 1. The molecule has 6 heteroatoms. The molecule has 1 aromatic carbocycles. The molecule has 1 aliphatic heterocycles. The zero-order chi connectivity index (χ0) is 17.6. The maximum absolute atomic E-state index is 12.2. The van der Waals surface area contributed by atoms with E-state index >= 15 is 0 Å². The van der Waals surface area contributed by atoms with Gasteiger partial charge in [-0.25, -0.2) is 0 Å². The lowest BCUT2D eigenvalue weighted by atomic mass is 9.74. The SMILES string of the molecule is CCCCCN1CCC(C#N)(c2ccc(OC(F)(F)F)cc2)CC1. The summed E-state index contributed by atoms with van der Waals surface area (Å²) in [4.78, 5) is 2.37. The first-order valence-electron chi connectivity index (χ1n) is 8.38. The number of nitriles is 1. The molecule has 1 heterocycles. The van der Waals surface area contributed by atoms with Crippen LogP contribution in [0.1, 0.15) is 44.6 Å². The van der Waals surface area contributed by atoms with E-state index in [1.807, 2.05) is 0 Å². The summed E-state index contributed by atoms with van der Waals surface area (Å²) in [5.74, 6) is -0.253. The van der Waals surface area contributed by atoms with Gasteiger partial charge in [-0.05, 0) is 56.6 Å². The van der Waals surface area contributed by atoms with Crippen LogP contribution in [-0.4, -0.2) is 30.9 Å². The van der Waals surface area contributed by atoms with Crippen molar-refractivity contribution >= 4 is 0 Å². The Morgan fingerprint density at radius 1 is 1.17 bits per heavy atom. The van der Waals surface area contributed by atoms with Crippen molar-refractivity contribution < 1.29 is 17.9 Å². The fourth-order valence-corrected chi connectivity index (χ4v) is 3.18. The number of piperidine rings is 1. The van der Waals surface area contributed by atoms with Gasteiger partial charge in [-0.15, -0.1) is 13.2 Å². The van der Waals surface area contributed by atoms with Crippen LogP contribution in [0.2, 0.25) is 0 Å². The molecule has 0 radical (unpaired) electrons. The first kappa shape index (κ1) is 18.6. The average molecular weight is 340 g/mol. The third kappa shape index (κ3) is 4.88. The quantitative estimate of drug-likeness (QED) is 0.708. The summed E-state index contributed by atoms with van der Waals surface area (Å²) in [6.45, 7) is 4.91. The van der Waals surface area contributed by atoms with Crippen LogP contribution in [0.5, 0.6) is 5.75 Å². The monoisotopic (exact) mass is 340 g/mol. The summed E-state index contributed by atoms with van der Waals surface area (Å²) in [6, 6.07) is 8.13. The molecule has 1 aromatic rings. The molecule has 0 aliphatic carbocycles. The van der Waals surface area contributed by atoms with Gasteiger partial charge >= 0.3 is 6.36 Å². The van der Waals surface area contributed by atoms with E-state index in [1.54, 1.807) is 12.1 Å². The summed E-state index contributed by atoms with van der Waals surface area (Å²) in [7, 11) is 0. The summed E-state index contributed by atoms with van der Waals surface area (Å²) >= 11 is 0. The number of hydrogen-bond donors (Lipinski definition) is 0. The zero-order valence-corrected chi connectivity index (χ0v) is 13.9. The molecule has 0 spiro atoms. The van der Waals surface area contributed by atoms with E-state index in [0.29, 0.717) is 12.8 Å². The molecule has 0 atom stereocenters. The van der Waals surface area contributed by atoms with Crippen molar-refractivity contribution in [3.05, 3.63) is 29.8 Å². The number of benzene rings is 1. The van der Waals surface area contributed by atoms with Crippen molar-refractivity contribution in [1.29, 1.82) is 5.26 Å². The molecule has 1 fully saturated rings. The van der Waals surface area contributed by atoms with E-state index in [1.165, 1.54) is 31.4 Å². The summed E-state index contributed by atoms with van der Waals surface area (Å²) in [6.07, 6.45) is 0.269. The highest BCUT2D eigenvalue weighted by Crippen LogP contribution is 2.36. The van der Waals surface area contributed by atoms with Gasteiger partial charge in [0.15, 0.2) is 0 Å². The lowest BCUT2D eigenvalue weighted by molar-refractivity contribution is -0.274. The Labute approximate surface area is 141 Å². The summed E-state index contributed by atoms with van der Waals surface area (Å²) in [5, 5.41) is 9.67. The van der Waals surface area contributed by atoms with E-state index < -0.39 is 11.8 Å². The van der Waals surface area contributed by atoms with Crippen molar-refractivity contribution in [2.75, 3.05) is 19.6 Å². The number of likely N-dealkylation sites (tertiary alicyclic amines) is 1. The smallest absolute Gasteiger partial charge is 0.406 e. The number of nitrogens with zero attached hydrogens (tertiary/aromatic N) is 2. The molecular formula is C18H23F3N2O. The van der Waals surface area contributed by atoms with Gasteiger partial charge in [0.1, 0.15) is 5.75 Å². The van der Waals surface area contributed by atoms with Crippen LogP contribution in [0, 0.1) is 11.3 Å². The summed E-state index contributed by atoms with van der Waals surface area (Å²) < 4.78 is 40.6. The molecule has 0 bridgehead atoms. The van der Waals surface area contributed by atoms with E-state index in [-0.39, 0.29) is 5.75 Å². The molecule has 0 saturated carbocycles. The molecule has 0 amide bonds. The van der Waals surface area contributed by atoms with Crippen molar-refractivity contribution in [1.82, 2.24) is 4.90 Å². The summed E-state index contributed by atoms with van der Waals surface area (Å²) in [5.41, 5.74) is 0.158. The Hall–Kier alpha value is -1.74. The molecule has 1 aliphatic rings. The van der Waals surface area contributed by atoms with E-state index in [4.69, 9.17) is 0 Å². The van der Waals surface area contributed by atoms with E-state index in [0.717, 1.165) is 25.2 Å². The Kier molecular flexibility index (Phi) is 6.11. The molecule has 1 saturated heterocycles. The Bertz CT molecular complexity index is 555. The van der Waals surface area contributed by atoms with Gasteiger partial charge in [0.2, 0.25) is 0 Å². The molecular weight excluding hydrogens is 317 g/mol. The van der Waals surface area contributed by atoms with Crippen LogP contribution in [0.4, 0.5) is 13.2 Å². The first-order chi connectivity index (χ1) is 11.4. The molecule has 0 N–H and O–H groups in total. The predicted molar refractivity (Wildman–Crippen MR) is 85.6 cm³/mol. The van der Waals surface area contributed by atoms with Crippen LogP contribution in [0.25, 0.3) is 0 Å². The molecule has 132 valence electrons. The fraction of sp³-hybridized carbons (Fsp3) is 0.611. The van der Waals surface area contributed by atoms with Crippen LogP contribution < -0.4 is 4.74 Å². The molecule has 0 unspecified atom stereocenters. The van der Waals surface area contributed by atoms with Crippen LogP contribution >= 0.6 is 0 Å². The highest BCUT2D eigenvalue weighted by atomic mass is 19.4. The van der Waals surface area contributed by atoms with Crippen molar-refractivity contribution in [2.24, 2.45) is 0 Å². The number of halogens is 3. The lowest BCUT2D eigenvalue weighted by Crippen LogP contribution is -2.42. The van der Waals surface area contributed by atoms with Gasteiger partial charge < -0.3 is 9.64 Å². The minimum Gasteiger partial charge on any atom is -0.406 e. The highest BCUT2D eigenvalue weighted by Gasteiger charge is 2.37. The second-order valence-corrected chi connectivity index (χ2v) is 6.31. The molecule has 24 heavy (non-hydrogen) atoms. The maximum atomic E-state index is 12.2. The predicted octanol–water partition coefficient (Wildman–Crippen LogP) is 4.63. The van der Waals surface area contributed by atoms with Crippen LogP contribution in [0.3, 0.4) is 0 Å².